The molecule has 0 bridgehead atoms. The van der Waals surface area contributed by atoms with Crippen LogP contribution in [0.3, 0.4) is 0 Å². The van der Waals surface area contributed by atoms with Crippen molar-refractivity contribution in [2.24, 2.45) is 5.41 Å². The Hall–Kier alpha value is -2.25. The third kappa shape index (κ3) is 1.87. The zero-order chi connectivity index (χ0) is 15.1. The van der Waals surface area contributed by atoms with Crippen molar-refractivity contribution in [3.8, 4) is 0 Å². The molecule has 2 rings (SSSR count). The molecular weight excluding hydrogens is 268 g/mol. The summed E-state index contributed by atoms with van der Waals surface area (Å²) in [6, 6.07) is -0.688. The maximum atomic E-state index is 12.0. The van der Waals surface area contributed by atoms with Crippen molar-refractivity contribution >= 4 is 18.2 Å². The second-order valence-corrected chi connectivity index (χ2v) is 5.02. The standard InChI is InChI=1S/C12H16N2O6/c1-12(2)7-8(20-9(12)15)14(11(17)19-4)6-5-13(7)10(16)18-3/h5-8H,1-4H3. The van der Waals surface area contributed by atoms with Gasteiger partial charge in [-0.15, -0.1) is 0 Å². The molecule has 0 aliphatic carbocycles. The Kier molecular flexibility index (Phi) is 3.33. The number of carbonyl (C=O) groups excluding carboxylic acids is 3. The van der Waals surface area contributed by atoms with Gasteiger partial charge in [-0.3, -0.25) is 9.69 Å². The number of methoxy groups -OCH3 is 2. The molecule has 2 heterocycles. The molecule has 2 aliphatic rings. The van der Waals surface area contributed by atoms with E-state index in [0.29, 0.717) is 0 Å². The Labute approximate surface area is 115 Å². The molecule has 2 amide bonds. The van der Waals surface area contributed by atoms with Crippen LogP contribution in [0.5, 0.6) is 0 Å². The van der Waals surface area contributed by atoms with E-state index in [0.717, 1.165) is 4.90 Å². The summed E-state index contributed by atoms with van der Waals surface area (Å²) in [4.78, 5) is 37.8. The number of rotatable bonds is 0. The number of hydrogen-bond donors (Lipinski definition) is 0. The molecule has 0 aromatic carbocycles. The lowest BCUT2D eigenvalue weighted by atomic mass is 9.84. The van der Waals surface area contributed by atoms with Crippen molar-refractivity contribution in [2.45, 2.75) is 26.1 Å². The third-order valence-electron chi connectivity index (χ3n) is 3.50. The second kappa shape index (κ2) is 4.69. The molecule has 2 unspecified atom stereocenters. The van der Waals surface area contributed by atoms with E-state index in [-0.39, 0.29) is 0 Å². The molecule has 0 aromatic heterocycles. The van der Waals surface area contributed by atoms with Gasteiger partial charge in [0.05, 0.1) is 19.6 Å². The van der Waals surface area contributed by atoms with Crippen LogP contribution in [0.2, 0.25) is 0 Å². The number of carbonyl (C=O) groups is 3. The van der Waals surface area contributed by atoms with Gasteiger partial charge in [0.15, 0.2) is 0 Å². The summed E-state index contributed by atoms with van der Waals surface area (Å²) < 4.78 is 14.5. The molecule has 20 heavy (non-hydrogen) atoms. The van der Waals surface area contributed by atoms with Crippen molar-refractivity contribution in [2.75, 3.05) is 14.2 Å². The number of amides is 2. The zero-order valence-electron chi connectivity index (χ0n) is 11.7. The molecule has 1 fully saturated rings. The van der Waals surface area contributed by atoms with Crippen LogP contribution < -0.4 is 0 Å². The van der Waals surface area contributed by atoms with E-state index in [1.165, 1.54) is 31.5 Å². The van der Waals surface area contributed by atoms with Crippen LogP contribution in [0.4, 0.5) is 9.59 Å². The van der Waals surface area contributed by atoms with Crippen LogP contribution in [-0.4, -0.2) is 54.4 Å². The monoisotopic (exact) mass is 284 g/mol. The predicted molar refractivity (Wildman–Crippen MR) is 65.1 cm³/mol. The first-order chi connectivity index (χ1) is 9.34. The smallest absolute Gasteiger partial charge is 0.416 e. The van der Waals surface area contributed by atoms with Gasteiger partial charge in [-0.05, 0) is 13.8 Å². The van der Waals surface area contributed by atoms with E-state index >= 15 is 0 Å². The third-order valence-corrected chi connectivity index (χ3v) is 3.50. The normalized spacial score (nSPS) is 26.9. The summed E-state index contributed by atoms with van der Waals surface area (Å²) in [5.74, 6) is -0.501. The molecule has 8 heteroatoms. The van der Waals surface area contributed by atoms with Crippen molar-refractivity contribution in [3.63, 3.8) is 0 Å². The minimum atomic E-state index is -0.976. The minimum absolute atomic E-state index is 0.501. The maximum Gasteiger partial charge on any atom is 0.416 e. The molecule has 0 radical (unpaired) electrons. The number of fused-ring (bicyclic) bond motifs is 1. The van der Waals surface area contributed by atoms with E-state index in [1.54, 1.807) is 13.8 Å². The first kappa shape index (κ1) is 14.2. The van der Waals surface area contributed by atoms with Gasteiger partial charge in [-0.1, -0.05) is 0 Å². The largest absolute Gasteiger partial charge is 0.452 e. The summed E-state index contributed by atoms with van der Waals surface area (Å²) >= 11 is 0. The topological polar surface area (TPSA) is 85.4 Å². The fourth-order valence-corrected chi connectivity index (χ4v) is 2.37. The van der Waals surface area contributed by atoms with E-state index < -0.39 is 35.8 Å². The SMILES string of the molecule is COC(=O)N1C=CN(C(=O)OC)C2C1OC(=O)C2(C)C. The lowest BCUT2D eigenvalue weighted by Crippen LogP contribution is -2.57. The quantitative estimate of drug-likeness (QED) is 0.485. The van der Waals surface area contributed by atoms with Crippen molar-refractivity contribution in [3.05, 3.63) is 12.4 Å². The fourth-order valence-electron chi connectivity index (χ4n) is 2.37. The average Bonchev–Trinajstić information content (AvgIpc) is 2.67. The molecule has 8 nitrogen and oxygen atoms in total. The highest BCUT2D eigenvalue weighted by Gasteiger charge is 2.59. The molecule has 0 N–H and O–H groups in total. The highest BCUT2D eigenvalue weighted by atomic mass is 16.6. The Morgan fingerprint density at radius 3 is 2.20 bits per heavy atom. The molecule has 0 saturated carbocycles. The summed E-state index contributed by atoms with van der Waals surface area (Å²) in [5.41, 5.74) is -0.976. The highest BCUT2D eigenvalue weighted by Crippen LogP contribution is 2.41. The van der Waals surface area contributed by atoms with Gasteiger partial charge in [-0.2, -0.15) is 0 Å². The van der Waals surface area contributed by atoms with Gasteiger partial charge in [0.1, 0.15) is 6.04 Å². The van der Waals surface area contributed by atoms with Crippen LogP contribution in [0.1, 0.15) is 13.8 Å². The van der Waals surface area contributed by atoms with Crippen LogP contribution in [0.15, 0.2) is 12.4 Å². The van der Waals surface area contributed by atoms with Gasteiger partial charge in [0.2, 0.25) is 6.23 Å². The number of ether oxygens (including phenoxy) is 3. The molecule has 0 aromatic rings. The number of hydrogen-bond acceptors (Lipinski definition) is 6. The summed E-state index contributed by atoms with van der Waals surface area (Å²) in [7, 11) is 2.46. The lowest BCUT2D eigenvalue weighted by Gasteiger charge is -2.39. The van der Waals surface area contributed by atoms with Crippen LogP contribution in [-0.2, 0) is 19.0 Å². The van der Waals surface area contributed by atoms with E-state index in [2.05, 4.69) is 9.47 Å². The zero-order valence-corrected chi connectivity index (χ0v) is 11.7. The van der Waals surface area contributed by atoms with Crippen molar-refractivity contribution < 1.29 is 28.6 Å². The van der Waals surface area contributed by atoms with Crippen LogP contribution >= 0.6 is 0 Å². The molecular formula is C12H16N2O6. The molecule has 1 saturated heterocycles. The van der Waals surface area contributed by atoms with Gasteiger partial charge in [0.25, 0.3) is 0 Å². The van der Waals surface area contributed by atoms with Crippen LogP contribution in [0.25, 0.3) is 0 Å². The van der Waals surface area contributed by atoms with E-state index in [4.69, 9.17) is 4.74 Å². The second-order valence-electron chi connectivity index (χ2n) is 5.02. The van der Waals surface area contributed by atoms with Gasteiger partial charge in [0, 0.05) is 12.4 Å². The van der Waals surface area contributed by atoms with Crippen molar-refractivity contribution in [1.82, 2.24) is 9.80 Å². The Balaban J connectivity index is 2.44. The van der Waals surface area contributed by atoms with Gasteiger partial charge < -0.3 is 14.2 Å². The van der Waals surface area contributed by atoms with E-state index in [9.17, 15) is 14.4 Å². The maximum absolute atomic E-state index is 12.0. The summed E-state index contributed by atoms with van der Waals surface area (Å²) in [6.45, 7) is 3.29. The first-order valence-electron chi connectivity index (χ1n) is 5.96. The molecule has 0 spiro atoms. The summed E-state index contributed by atoms with van der Waals surface area (Å²) in [6.07, 6.45) is 0.444. The van der Waals surface area contributed by atoms with Crippen molar-refractivity contribution in [1.29, 1.82) is 0 Å². The fraction of sp³-hybridized carbons (Fsp3) is 0.583. The average molecular weight is 284 g/mol. The van der Waals surface area contributed by atoms with Crippen LogP contribution in [0, 0.1) is 5.41 Å². The van der Waals surface area contributed by atoms with Gasteiger partial charge in [-0.25, -0.2) is 14.5 Å². The minimum Gasteiger partial charge on any atom is -0.452 e. The molecule has 110 valence electrons. The number of esters is 1. The Bertz CT molecular complexity index is 486. The highest BCUT2D eigenvalue weighted by molar-refractivity contribution is 5.83. The molecule has 2 aliphatic heterocycles. The van der Waals surface area contributed by atoms with E-state index in [1.807, 2.05) is 0 Å². The summed E-state index contributed by atoms with van der Waals surface area (Å²) in [5, 5.41) is 0. The lowest BCUT2D eigenvalue weighted by molar-refractivity contribution is -0.150. The Morgan fingerprint density at radius 1 is 1.15 bits per heavy atom. The first-order valence-corrected chi connectivity index (χ1v) is 5.96. The Morgan fingerprint density at radius 2 is 1.65 bits per heavy atom. The number of nitrogens with zero attached hydrogens (tertiary/aromatic N) is 2. The van der Waals surface area contributed by atoms with Gasteiger partial charge >= 0.3 is 18.2 Å². The molecule has 2 atom stereocenters. The predicted octanol–water partition coefficient (Wildman–Crippen LogP) is 0.886.